The first-order valence-corrected chi connectivity index (χ1v) is 15.5. The number of rotatable bonds is 7. The molecule has 0 saturated carbocycles. The Balaban J connectivity index is 0.000000287. The Morgan fingerprint density at radius 2 is 1.23 bits per heavy atom. The van der Waals surface area contributed by atoms with Gasteiger partial charge in [-0.3, -0.25) is 14.8 Å². The van der Waals surface area contributed by atoms with Gasteiger partial charge in [0.15, 0.2) is 0 Å². The Hall–Kier alpha value is -5.90. The minimum atomic E-state index is -0.838. The standard InChI is InChI=1S/C26H30N4O3.C12H13N3/c1-17-12-19(10-11-28-17)20-14-21(27)16-22(15-20)29-24(31)23(13-18-8-6-5-7-9-18)30-25(32)33-26(2,3)4;1-8-4-9(2-3-15-8)10-5-11(13)7-12(14)6-10/h5-12,14-16,23H,13,27H2,1-4H3,(H,29,31)(H,30,32);2-7H,13-14H2,1H3/t23-;/m0./s1. The summed E-state index contributed by atoms with van der Waals surface area (Å²) >= 11 is 0. The van der Waals surface area contributed by atoms with E-state index in [0.717, 1.165) is 39.2 Å². The first kappa shape index (κ1) is 35.0. The smallest absolute Gasteiger partial charge is 0.408 e. The fraction of sp³-hybridized carbons (Fsp3) is 0.211. The van der Waals surface area contributed by atoms with Crippen LogP contribution in [0.2, 0.25) is 0 Å². The number of aryl methyl sites for hydroxylation is 2. The molecular formula is C38H43N7O3. The van der Waals surface area contributed by atoms with Crippen LogP contribution in [0.25, 0.3) is 22.3 Å². The Kier molecular flexibility index (Phi) is 11.4. The number of benzene rings is 3. The third kappa shape index (κ3) is 10.9. The normalized spacial score (nSPS) is 11.4. The van der Waals surface area contributed by atoms with Crippen molar-refractivity contribution in [2.24, 2.45) is 0 Å². The third-order valence-corrected chi connectivity index (χ3v) is 6.95. The summed E-state index contributed by atoms with van der Waals surface area (Å²) in [6.45, 7) is 9.18. The molecule has 3 aromatic carbocycles. The van der Waals surface area contributed by atoms with Crippen LogP contribution < -0.4 is 27.8 Å². The molecule has 1 atom stereocenters. The molecule has 5 rings (SSSR count). The number of carbonyl (C=O) groups excluding carboxylic acids is 2. The first-order chi connectivity index (χ1) is 22.7. The van der Waals surface area contributed by atoms with Gasteiger partial charge in [0.05, 0.1) is 0 Å². The highest BCUT2D eigenvalue weighted by Crippen LogP contribution is 2.27. The number of amides is 2. The van der Waals surface area contributed by atoms with Gasteiger partial charge in [-0.25, -0.2) is 4.79 Å². The lowest BCUT2D eigenvalue weighted by Crippen LogP contribution is -2.47. The number of hydrogen-bond acceptors (Lipinski definition) is 8. The van der Waals surface area contributed by atoms with Crippen molar-refractivity contribution in [3.63, 3.8) is 0 Å². The van der Waals surface area contributed by atoms with Gasteiger partial charge in [-0.05, 0) is 123 Å². The summed E-state index contributed by atoms with van der Waals surface area (Å²) in [5.74, 6) is -0.368. The van der Waals surface area contributed by atoms with Crippen molar-refractivity contribution in [3.8, 4) is 22.3 Å². The van der Waals surface area contributed by atoms with Gasteiger partial charge in [-0.2, -0.15) is 0 Å². The average molecular weight is 646 g/mol. The molecule has 2 aromatic heterocycles. The molecule has 0 bridgehead atoms. The molecule has 2 amide bonds. The van der Waals surface area contributed by atoms with Crippen LogP contribution >= 0.6 is 0 Å². The van der Waals surface area contributed by atoms with E-state index in [0.29, 0.717) is 29.2 Å². The predicted octanol–water partition coefficient (Wildman–Crippen LogP) is 6.94. The molecule has 8 N–H and O–H groups in total. The predicted molar refractivity (Wildman–Crippen MR) is 194 cm³/mol. The van der Waals surface area contributed by atoms with Gasteiger partial charge in [0.1, 0.15) is 11.6 Å². The van der Waals surface area contributed by atoms with Gasteiger partial charge in [-0.1, -0.05) is 30.3 Å². The van der Waals surface area contributed by atoms with Crippen LogP contribution in [0.3, 0.4) is 0 Å². The molecule has 2 heterocycles. The van der Waals surface area contributed by atoms with E-state index in [-0.39, 0.29) is 5.91 Å². The molecule has 0 fully saturated rings. The summed E-state index contributed by atoms with van der Waals surface area (Å²) in [4.78, 5) is 34.0. The number of anilines is 4. The lowest BCUT2D eigenvalue weighted by Gasteiger charge is -2.23. The minimum absolute atomic E-state index is 0.310. The van der Waals surface area contributed by atoms with Gasteiger partial charge in [0, 0.05) is 53.0 Å². The maximum Gasteiger partial charge on any atom is 0.408 e. The van der Waals surface area contributed by atoms with Crippen molar-refractivity contribution in [2.45, 2.75) is 52.7 Å². The monoisotopic (exact) mass is 645 g/mol. The highest BCUT2D eigenvalue weighted by atomic mass is 16.6. The molecular weight excluding hydrogens is 602 g/mol. The zero-order valence-electron chi connectivity index (χ0n) is 28.0. The van der Waals surface area contributed by atoms with Crippen LogP contribution in [-0.2, 0) is 16.0 Å². The van der Waals surface area contributed by atoms with E-state index in [1.165, 1.54) is 0 Å². The second kappa shape index (κ2) is 15.6. The Morgan fingerprint density at radius 3 is 1.75 bits per heavy atom. The van der Waals surface area contributed by atoms with E-state index >= 15 is 0 Å². The van der Waals surface area contributed by atoms with E-state index in [9.17, 15) is 9.59 Å². The quantitative estimate of drug-likeness (QED) is 0.119. The topological polar surface area (TPSA) is 171 Å². The number of pyridine rings is 2. The highest BCUT2D eigenvalue weighted by Gasteiger charge is 2.25. The van der Waals surface area contributed by atoms with Crippen molar-refractivity contribution < 1.29 is 14.3 Å². The van der Waals surface area contributed by atoms with E-state index in [4.69, 9.17) is 21.9 Å². The molecule has 0 spiro atoms. The molecule has 10 heteroatoms. The van der Waals surface area contributed by atoms with Crippen molar-refractivity contribution in [2.75, 3.05) is 22.5 Å². The Morgan fingerprint density at radius 1 is 0.708 bits per heavy atom. The van der Waals surface area contributed by atoms with Crippen molar-refractivity contribution >= 4 is 34.7 Å². The number of aromatic nitrogens is 2. The largest absolute Gasteiger partial charge is 0.444 e. The number of nitrogens with zero attached hydrogens (tertiary/aromatic N) is 2. The number of alkyl carbamates (subject to hydrolysis) is 1. The minimum Gasteiger partial charge on any atom is -0.444 e. The Labute approximate surface area is 281 Å². The van der Waals surface area contributed by atoms with Gasteiger partial charge in [0.25, 0.3) is 0 Å². The Bertz CT molecular complexity index is 1850. The van der Waals surface area contributed by atoms with Crippen LogP contribution in [0.5, 0.6) is 0 Å². The summed E-state index contributed by atoms with van der Waals surface area (Å²) in [6, 6.07) is 27.4. The van der Waals surface area contributed by atoms with Crippen molar-refractivity contribution in [1.82, 2.24) is 15.3 Å². The van der Waals surface area contributed by atoms with Crippen LogP contribution in [0.1, 0.15) is 37.7 Å². The second-order valence-corrected chi connectivity index (χ2v) is 12.5. The van der Waals surface area contributed by atoms with Crippen molar-refractivity contribution in [3.05, 3.63) is 120 Å². The number of carbonyl (C=O) groups is 2. The summed E-state index contributed by atoms with van der Waals surface area (Å²) < 4.78 is 5.36. The van der Waals surface area contributed by atoms with Crippen LogP contribution in [0.15, 0.2) is 103 Å². The summed E-state index contributed by atoms with van der Waals surface area (Å²) in [5.41, 5.74) is 26.0. The number of nitrogen functional groups attached to an aromatic ring is 3. The first-order valence-electron chi connectivity index (χ1n) is 15.5. The summed E-state index contributed by atoms with van der Waals surface area (Å²) in [6.07, 6.45) is 3.17. The van der Waals surface area contributed by atoms with Crippen LogP contribution in [0.4, 0.5) is 27.5 Å². The van der Waals surface area contributed by atoms with Gasteiger partial charge in [-0.15, -0.1) is 0 Å². The maximum absolute atomic E-state index is 13.2. The van der Waals surface area contributed by atoms with Crippen LogP contribution in [-0.4, -0.2) is 33.6 Å². The molecule has 0 aliphatic rings. The van der Waals surface area contributed by atoms with Gasteiger partial charge >= 0.3 is 6.09 Å². The van der Waals surface area contributed by atoms with E-state index in [2.05, 4.69) is 20.6 Å². The number of nitrogens with two attached hydrogens (primary N) is 3. The van der Waals surface area contributed by atoms with Crippen molar-refractivity contribution in [1.29, 1.82) is 0 Å². The molecule has 0 radical (unpaired) electrons. The molecule has 5 aromatic rings. The maximum atomic E-state index is 13.2. The number of hydrogen-bond donors (Lipinski definition) is 5. The molecule has 10 nitrogen and oxygen atoms in total. The highest BCUT2D eigenvalue weighted by molar-refractivity contribution is 5.97. The lowest BCUT2D eigenvalue weighted by molar-refractivity contribution is -0.118. The zero-order valence-corrected chi connectivity index (χ0v) is 28.0. The molecule has 0 unspecified atom stereocenters. The van der Waals surface area contributed by atoms with Gasteiger partial charge < -0.3 is 32.6 Å². The third-order valence-electron chi connectivity index (χ3n) is 6.95. The SMILES string of the molecule is Cc1cc(-c2cc(N)cc(N)c2)ccn1.Cc1cc(-c2cc(N)cc(NC(=O)[C@H](Cc3ccccc3)NC(=O)OC(C)(C)C)c2)ccn1. The zero-order chi connectivity index (χ0) is 34.8. The fourth-order valence-electron chi connectivity index (χ4n) is 4.92. The summed E-state index contributed by atoms with van der Waals surface area (Å²) in [7, 11) is 0. The van der Waals surface area contributed by atoms with E-state index in [1.807, 2.05) is 92.7 Å². The fourth-order valence-corrected chi connectivity index (χ4v) is 4.92. The molecule has 0 saturated heterocycles. The van der Waals surface area contributed by atoms with E-state index in [1.54, 1.807) is 45.3 Å². The molecule has 248 valence electrons. The molecule has 48 heavy (non-hydrogen) atoms. The molecule has 0 aliphatic carbocycles. The number of nitrogens with one attached hydrogen (secondary N) is 2. The second-order valence-electron chi connectivity index (χ2n) is 12.5. The van der Waals surface area contributed by atoms with Crippen LogP contribution in [0, 0.1) is 13.8 Å². The number of ether oxygens (including phenoxy) is 1. The lowest BCUT2D eigenvalue weighted by atomic mass is 10.0. The van der Waals surface area contributed by atoms with E-state index < -0.39 is 17.7 Å². The summed E-state index contributed by atoms with van der Waals surface area (Å²) in [5, 5.41) is 5.59. The average Bonchev–Trinajstić information content (AvgIpc) is 3.00. The molecule has 0 aliphatic heterocycles. The van der Waals surface area contributed by atoms with Gasteiger partial charge in [0.2, 0.25) is 5.91 Å².